The third kappa shape index (κ3) is 4.40. The number of carbonyl (C=O) groups is 1. The molecule has 3 rings (SSSR count). The topological polar surface area (TPSA) is 70.2 Å². The molecule has 26 heavy (non-hydrogen) atoms. The van der Waals surface area contributed by atoms with Crippen molar-refractivity contribution >= 4 is 11.7 Å². The summed E-state index contributed by atoms with van der Waals surface area (Å²) >= 11 is 0. The van der Waals surface area contributed by atoms with Gasteiger partial charge in [-0.05, 0) is 57.5 Å². The van der Waals surface area contributed by atoms with Crippen LogP contribution in [0.15, 0.2) is 24.3 Å². The number of hydrogen-bond donors (Lipinski definition) is 2. The summed E-state index contributed by atoms with van der Waals surface area (Å²) in [6.45, 7) is 4.32. The van der Waals surface area contributed by atoms with Gasteiger partial charge in [0.05, 0.1) is 12.8 Å². The van der Waals surface area contributed by atoms with Crippen molar-refractivity contribution in [2.75, 3.05) is 25.5 Å². The SMILES string of the molecule is COc1ccc(-c2cc(NC(=O)CCCN3CCCC3C)[nH]n2)cc1F. The summed E-state index contributed by atoms with van der Waals surface area (Å²) in [6.07, 6.45) is 3.79. The van der Waals surface area contributed by atoms with Crippen LogP contribution < -0.4 is 10.1 Å². The molecule has 2 N–H and O–H groups in total. The van der Waals surface area contributed by atoms with E-state index in [1.54, 1.807) is 18.2 Å². The third-order valence-corrected chi connectivity index (χ3v) is 4.84. The molecule has 1 saturated heterocycles. The average molecular weight is 360 g/mol. The maximum absolute atomic E-state index is 13.8. The molecule has 0 spiro atoms. The molecule has 1 aromatic heterocycles. The molecule has 7 heteroatoms. The van der Waals surface area contributed by atoms with E-state index in [0.29, 0.717) is 29.5 Å². The van der Waals surface area contributed by atoms with Gasteiger partial charge in [-0.25, -0.2) is 4.39 Å². The van der Waals surface area contributed by atoms with Gasteiger partial charge in [-0.2, -0.15) is 5.10 Å². The molecule has 0 radical (unpaired) electrons. The lowest BCUT2D eigenvalue weighted by atomic mass is 10.1. The first-order valence-corrected chi connectivity index (χ1v) is 9.00. The molecular formula is C19H25FN4O2. The molecule has 0 bridgehead atoms. The summed E-state index contributed by atoms with van der Waals surface area (Å²) in [4.78, 5) is 14.5. The lowest BCUT2D eigenvalue weighted by Gasteiger charge is -2.20. The highest BCUT2D eigenvalue weighted by Crippen LogP contribution is 2.25. The number of aromatic amines is 1. The number of rotatable bonds is 7. The molecule has 2 heterocycles. The zero-order chi connectivity index (χ0) is 18.5. The monoisotopic (exact) mass is 360 g/mol. The molecule has 1 atom stereocenters. The van der Waals surface area contributed by atoms with Gasteiger partial charge in [0.1, 0.15) is 5.82 Å². The van der Waals surface area contributed by atoms with E-state index >= 15 is 0 Å². The average Bonchev–Trinajstić information content (AvgIpc) is 3.24. The fraction of sp³-hybridized carbons (Fsp3) is 0.474. The van der Waals surface area contributed by atoms with Gasteiger partial charge in [-0.1, -0.05) is 0 Å². The summed E-state index contributed by atoms with van der Waals surface area (Å²) in [7, 11) is 1.42. The number of nitrogens with zero attached hydrogens (tertiary/aromatic N) is 2. The molecule has 6 nitrogen and oxygen atoms in total. The summed E-state index contributed by atoms with van der Waals surface area (Å²) in [6, 6.07) is 6.95. The van der Waals surface area contributed by atoms with E-state index < -0.39 is 5.82 Å². The van der Waals surface area contributed by atoms with Gasteiger partial charge >= 0.3 is 0 Å². The van der Waals surface area contributed by atoms with Crippen molar-refractivity contribution in [1.82, 2.24) is 15.1 Å². The molecule has 1 aliphatic heterocycles. The van der Waals surface area contributed by atoms with Gasteiger partial charge < -0.3 is 15.0 Å². The van der Waals surface area contributed by atoms with Gasteiger partial charge in [0.25, 0.3) is 0 Å². The number of benzene rings is 1. The van der Waals surface area contributed by atoms with Gasteiger partial charge in [0.2, 0.25) is 5.91 Å². The number of aromatic nitrogens is 2. The molecule has 1 amide bonds. The molecule has 1 unspecified atom stereocenters. The van der Waals surface area contributed by atoms with E-state index in [4.69, 9.17) is 4.74 Å². The second-order valence-electron chi connectivity index (χ2n) is 6.70. The highest BCUT2D eigenvalue weighted by Gasteiger charge is 2.19. The highest BCUT2D eigenvalue weighted by atomic mass is 19.1. The number of carbonyl (C=O) groups excluding carboxylic acids is 1. The number of methoxy groups -OCH3 is 1. The molecule has 0 aliphatic carbocycles. The molecule has 1 aliphatic rings. The number of nitrogens with one attached hydrogen (secondary N) is 2. The Labute approximate surface area is 152 Å². The Kier molecular flexibility index (Phi) is 5.88. The minimum atomic E-state index is -0.449. The zero-order valence-electron chi connectivity index (χ0n) is 15.2. The Morgan fingerprint density at radius 3 is 3.00 bits per heavy atom. The molecule has 140 valence electrons. The standard InChI is InChI=1S/C19H25FN4O2/c1-13-5-3-9-24(13)10-4-6-19(25)21-18-12-16(22-23-18)14-7-8-17(26-2)15(20)11-14/h7-8,11-13H,3-6,9-10H2,1-2H3,(H2,21,22,23,25). The van der Waals surface area contributed by atoms with E-state index in [0.717, 1.165) is 19.5 Å². The first-order valence-electron chi connectivity index (χ1n) is 9.00. The number of likely N-dealkylation sites (tertiary alicyclic amines) is 1. The van der Waals surface area contributed by atoms with Crippen LogP contribution in [0.25, 0.3) is 11.3 Å². The van der Waals surface area contributed by atoms with Crippen molar-refractivity contribution in [3.05, 3.63) is 30.1 Å². The first kappa shape index (κ1) is 18.4. The number of H-pyrrole nitrogens is 1. The fourth-order valence-corrected chi connectivity index (χ4v) is 3.34. The van der Waals surface area contributed by atoms with E-state index in [2.05, 4.69) is 27.3 Å². The number of halogens is 1. The van der Waals surface area contributed by atoms with Crippen molar-refractivity contribution in [2.45, 2.75) is 38.6 Å². The second kappa shape index (κ2) is 8.31. The summed E-state index contributed by atoms with van der Waals surface area (Å²) in [5.41, 5.74) is 1.18. The summed E-state index contributed by atoms with van der Waals surface area (Å²) < 4.78 is 18.7. The van der Waals surface area contributed by atoms with Crippen LogP contribution in [0.4, 0.5) is 10.2 Å². The van der Waals surface area contributed by atoms with Crippen molar-refractivity contribution in [3.8, 4) is 17.0 Å². The van der Waals surface area contributed by atoms with Crippen LogP contribution in [0.3, 0.4) is 0 Å². The Bertz CT molecular complexity index is 762. The van der Waals surface area contributed by atoms with Crippen LogP contribution in [0.1, 0.15) is 32.6 Å². The van der Waals surface area contributed by atoms with E-state index in [1.807, 2.05) is 0 Å². The predicted octanol–water partition coefficient (Wildman–Crippen LogP) is 3.43. The van der Waals surface area contributed by atoms with E-state index in [9.17, 15) is 9.18 Å². The normalized spacial score (nSPS) is 17.4. The maximum Gasteiger partial charge on any atom is 0.225 e. The molecule has 0 saturated carbocycles. The van der Waals surface area contributed by atoms with Crippen LogP contribution in [-0.4, -0.2) is 47.2 Å². The number of hydrogen-bond acceptors (Lipinski definition) is 4. The van der Waals surface area contributed by atoms with Crippen molar-refractivity contribution in [2.24, 2.45) is 0 Å². The van der Waals surface area contributed by atoms with Gasteiger partial charge in [-0.15, -0.1) is 0 Å². The highest BCUT2D eigenvalue weighted by molar-refractivity contribution is 5.90. The smallest absolute Gasteiger partial charge is 0.225 e. The third-order valence-electron chi connectivity index (χ3n) is 4.84. The fourth-order valence-electron chi connectivity index (χ4n) is 3.34. The molecule has 2 aromatic rings. The Morgan fingerprint density at radius 2 is 2.31 bits per heavy atom. The van der Waals surface area contributed by atoms with Crippen LogP contribution in [-0.2, 0) is 4.79 Å². The van der Waals surface area contributed by atoms with Crippen molar-refractivity contribution in [1.29, 1.82) is 0 Å². The summed E-state index contributed by atoms with van der Waals surface area (Å²) in [5.74, 6) is 0.198. The van der Waals surface area contributed by atoms with Gasteiger partial charge in [0.15, 0.2) is 11.6 Å². The van der Waals surface area contributed by atoms with Crippen LogP contribution in [0.2, 0.25) is 0 Å². The first-order chi connectivity index (χ1) is 12.6. The van der Waals surface area contributed by atoms with Gasteiger partial charge in [-0.3, -0.25) is 9.89 Å². The number of anilines is 1. The van der Waals surface area contributed by atoms with E-state index in [-0.39, 0.29) is 11.7 Å². The number of amides is 1. The minimum Gasteiger partial charge on any atom is -0.494 e. The predicted molar refractivity (Wildman–Crippen MR) is 98.7 cm³/mol. The number of ether oxygens (including phenoxy) is 1. The van der Waals surface area contributed by atoms with Crippen LogP contribution >= 0.6 is 0 Å². The van der Waals surface area contributed by atoms with Gasteiger partial charge in [0, 0.05) is 24.1 Å². The zero-order valence-corrected chi connectivity index (χ0v) is 15.2. The van der Waals surface area contributed by atoms with E-state index in [1.165, 1.54) is 26.0 Å². The maximum atomic E-state index is 13.8. The summed E-state index contributed by atoms with van der Waals surface area (Å²) in [5, 5.41) is 9.72. The largest absolute Gasteiger partial charge is 0.494 e. The Hall–Kier alpha value is -2.41. The minimum absolute atomic E-state index is 0.0482. The Morgan fingerprint density at radius 1 is 1.46 bits per heavy atom. The lowest BCUT2D eigenvalue weighted by Crippen LogP contribution is -2.28. The Balaban J connectivity index is 1.51. The van der Waals surface area contributed by atoms with Crippen LogP contribution in [0.5, 0.6) is 5.75 Å². The lowest BCUT2D eigenvalue weighted by molar-refractivity contribution is -0.116. The molecule has 1 aromatic carbocycles. The molecular weight excluding hydrogens is 335 g/mol. The second-order valence-corrected chi connectivity index (χ2v) is 6.70. The quantitative estimate of drug-likeness (QED) is 0.794. The van der Waals surface area contributed by atoms with Crippen molar-refractivity contribution < 1.29 is 13.9 Å². The molecule has 1 fully saturated rings. The van der Waals surface area contributed by atoms with Crippen LogP contribution in [0, 0.1) is 5.82 Å². The van der Waals surface area contributed by atoms with Crippen molar-refractivity contribution in [3.63, 3.8) is 0 Å².